The fourth-order valence-electron chi connectivity index (χ4n) is 4.24. The summed E-state index contributed by atoms with van der Waals surface area (Å²) < 4.78 is 15.8. The molecule has 1 aliphatic heterocycles. The number of H-pyrrole nitrogens is 1. The van der Waals surface area contributed by atoms with E-state index in [4.69, 9.17) is 14.2 Å². The molecular formula is C25H28N4O5. The number of amides is 2. The molecule has 0 saturated carbocycles. The minimum Gasteiger partial charge on any atom is -0.497 e. The maximum absolute atomic E-state index is 13.6. The van der Waals surface area contributed by atoms with Crippen molar-refractivity contribution in [2.75, 3.05) is 27.9 Å². The minimum atomic E-state index is -0.832. The van der Waals surface area contributed by atoms with E-state index in [2.05, 4.69) is 15.3 Å². The zero-order valence-electron chi connectivity index (χ0n) is 19.4. The number of rotatable bonds is 7. The van der Waals surface area contributed by atoms with Crippen LogP contribution in [0.2, 0.25) is 0 Å². The highest BCUT2D eigenvalue weighted by atomic mass is 16.5. The molecule has 2 amide bonds. The fourth-order valence-corrected chi connectivity index (χ4v) is 4.24. The van der Waals surface area contributed by atoms with Gasteiger partial charge in [-0.1, -0.05) is 30.3 Å². The second kappa shape index (κ2) is 10.3. The van der Waals surface area contributed by atoms with Gasteiger partial charge in [-0.05, 0) is 23.3 Å². The number of carbonyl (C=O) groups excluding carboxylic acids is 2. The molecule has 1 aliphatic rings. The molecule has 2 aromatic carbocycles. The maximum atomic E-state index is 13.6. The summed E-state index contributed by atoms with van der Waals surface area (Å²) in [5.74, 6) is 0.706. The van der Waals surface area contributed by atoms with E-state index in [1.807, 2.05) is 42.5 Å². The lowest BCUT2D eigenvalue weighted by molar-refractivity contribution is -0.142. The van der Waals surface area contributed by atoms with Crippen LogP contribution in [0.1, 0.15) is 28.6 Å². The highest BCUT2D eigenvalue weighted by Crippen LogP contribution is 2.37. The molecular weight excluding hydrogens is 436 g/mol. The van der Waals surface area contributed by atoms with E-state index >= 15 is 0 Å². The van der Waals surface area contributed by atoms with Gasteiger partial charge in [-0.15, -0.1) is 0 Å². The lowest BCUT2D eigenvalue weighted by atomic mass is 9.95. The second-order valence-electron chi connectivity index (χ2n) is 7.97. The fraction of sp³-hybridized carbons (Fsp3) is 0.320. The first-order valence-corrected chi connectivity index (χ1v) is 11.0. The van der Waals surface area contributed by atoms with E-state index in [9.17, 15) is 9.59 Å². The van der Waals surface area contributed by atoms with Crippen LogP contribution in [0.5, 0.6) is 11.5 Å². The maximum Gasteiger partial charge on any atom is 0.328 e. The highest BCUT2D eigenvalue weighted by Gasteiger charge is 2.36. The third-order valence-corrected chi connectivity index (χ3v) is 5.94. The summed E-state index contributed by atoms with van der Waals surface area (Å²) in [5, 5.41) is 2.88. The molecule has 0 saturated heterocycles. The number of nitrogens with one attached hydrogen (secondary N) is 2. The normalized spacial score (nSPS) is 15.7. The Kier molecular flexibility index (Phi) is 7.01. The van der Waals surface area contributed by atoms with E-state index in [0.29, 0.717) is 30.9 Å². The van der Waals surface area contributed by atoms with Gasteiger partial charge in [0.15, 0.2) is 0 Å². The first-order chi connectivity index (χ1) is 16.5. The average molecular weight is 465 g/mol. The summed E-state index contributed by atoms with van der Waals surface area (Å²) in [6.45, 7) is 0.435. The van der Waals surface area contributed by atoms with Crippen molar-refractivity contribution < 1.29 is 23.8 Å². The van der Waals surface area contributed by atoms with Crippen LogP contribution in [-0.2, 0) is 22.4 Å². The van der Waals surface area contributed by atoms with Crippen molar-refractivity contribution in [2.45, 2.75) is 24.9 Å². The standard InChI is InChI=1S/C25H28N4O5/c1-32-18-12-17(13-19(14-18)33-2)23-22-20(26-15-27-22)9-10-29(23)25(31)28-21(24(30)34-3)11-16-7-5-4-6-8-16/h4-8,12-15,21,23H,9-11H2,1-3H3,(H,26,27)(H,28,31). The van der Waals surface area contributed by atoms with Gasteiger partial charge in [0.2, 0.25) is 0 Å². The number of aromatic amines is 1. The number of hydrogen-bond donors (Lipinski definition) is 2. The molecule has 2 atom stereocenters. The molecule has 4 rings (SSSR count). The summed E-state index contributed by atoms with van der Waals surface area (Å²) in [5.41, 5.74) is 3.41. The SMILES string of the molecule is COC(=O)C(Cc1ccccc1)NC(=O)N1CCc2[nH]cnc2C1c1cc(OC)cc(OC)c1. The van der Waals surface area contributed by atoms with Crippen LogP contribution in [0.15, 0.2) is 54.9 Å². The lowest BCUT2D eigenvalue weighted by Gasteiger charge is -2.36. The number of carbonyl (C=O) groups is 2. The van der Waals surface area contributed by atoms with Crippen molar-refractivity contribution in [3.63, 3.8) is 0 Å². The zero-order valence-corrected chi connectivity index (χ0v) is 19.4. The van der Waals surface area contributed by atoms with Gasteiger partial charge >= 0.3 is 12.0 Å². The summed E-state index contributed by atoms with van der Waals surface area (Å²) in [4.78, 5) is 35.4. The number of esters is 1. The van der Waals surface area contributed by atoms with Crippen LogP contribution < -0.4 is 14.8 Å². The number of benzene rings is 2. The number of ether oxygens (including phenoxy) is 3. The first kappa shape index (κ1) is 23.2. The van der Waals surface area contributed by atoms with Gasteiger partial charge in [0, 0.05) is 31.1 Å². The zero-order chi connectivity index (χ0) is 24.1. The van der Waals surface area contributed by atoms with E-state index in [-0.39, 0.29) is 6.03 Å². The Labute approximate surface area is 198 Å². The first-order valence-electron chi connectivity index (χ1n) is 11.0. The topological polar surface area (TPSA) is 106 Å². The number of urea groups is 1. The van der Waals surface area contributed by atoms with Crippen molar-refractivity contribution in [2.24, 2.45) is 0 Å². The second-order valence-corrected chi connectivity index (χ2v) is 7.97. The van der Waals surface area contributed by atoms with Gasteiger partial charge in [0.25, 0.3) is 0 Å². The minimum absolute atomic E-state index is 0.318. The predicted octanol–water partition coefficient (Wildman–Crippen LogP) is 2.87. The van der Waals surface area contributed by atoms with Crippen molar-refractivity contribution in [3.8, 4) is 11.5 Å². The van der Waals surface area contributed by atoms with E-state index in [1.54, 1.807) is 31.5 Å². The number of aromatic nitrogens is 2. The number of nitrogens with zero attached hydrogens (tertiary/aromatic N) is 2. The molecule has 34 heavy (non-hydrogen) atoms. The van der Waals surface area contributed by atoms with Gasteiger partial charge in [-0.3, -0.25) is 0 Å². The van der Waals surface area contributed by atoms with Crippen molar-refractivity contribution >= 4 is 12.0 Å². The molecule has 0 fully saturated rings. The third kappa shape index (κ3) is 4.83. The Morgan fingerprint density at radius 3 is 2.47 bits per heavy atom. The van der Waals surface area contributed by atoms with Gasteiger partial charge in [0.05, 0.1) is 33.4 Å². The summed E-state index contributed by atoms with van der Waals surface area (Å²) in [7, 11) is 4.47. The quantitative estimate of drug-likeness (QED) is 0.521. The smallest absolute Gasteiger partial charge is 0.328 e. The van der Waals surface area contributed by atoms with Crippen molar-refractivity contribution in [1.29, 1.82) is 0 Å². The molecule has 2 heterocycles. The van der Waals surface area contributed by atoms with Crippen LogP contribution in [0, 0.1) is 0 Å². The van der Waals surface area contributed by atoms with Crippen molar-refractivity contribution in [1.82, 2.24) is 20.2 Å². The van der Waals surface area contributed by atoms with Gasteiger partial charge in [-0.2, -0.15) is 0 Å². The Hall–Kier alpha value is -4.01. The molecule has 0 bridgehead atoms. The number of imidazole rings is 1. The number of fused-ring (bicyclic) bond motifs is 1. The average Bonchev–Trinajstić information content (AvgIpc) is 3.36. The van der Waals surface area contributed by atoms with E-state index in [0.717, 1.165) is 22.5 Å². The van der Waals surface area contributed by atoms with Crippen LogP contribution in [0.25, 0.3) is 0 Å². The Morgan fingerprint density at radius 1 is 1.12 bits per heavy atom. The molecule has 0 spiro atoms. The van der Waals surface area contributed by atoms with Gasteiger partial charge in [0.1, 0.15) is 23.6 Å². The monoisotopic (exact) mass is 464 g/mol. The lowest BCUT2D eigenvalue weighted by Crippen LogP contribution is -2.52. The molecule has 3 aromatic rings. The number of hydrogen-bond acceptors (Lipinski definition) is 6. The molecule has 1 aromatic heterocycles. The summed E-state index contributed by atoms with van der Waals surface area (Å²) in [6.07, 6.45) is 2.56. The Balaban J connectivity index is 1.66. The van der Waals surface area contributed by atoms with Gasteiger partial charge < -0.3 is 29.4 Å². The molecule has 0 aliphatic carbocycles. The molecule has 2 N–H and O–H groups in total. The third-order valence-electron chi connectivity index (χ3n) is 5.94. The van der Waals surface area contributed by atoms with Crippen LogP contribution in [-0.4, -0.2) is 60.8 Å². The van der Waals surface area contributed by atoms with Gasteiger partial charge in [-0.25, -0.2) is 14.6 Å². The largest absolute Gasteiger partial charge is 0.497 e. The van der Waals surface area contributed by atoms with Crippen LogP contribution in [0.4, 0.5) is 4.79 Å². The van der Waals surface area contributed by atoms with E-state index in [1.165, 1.54) is 7.11 Å². The predicted molar refractivity (Wildman–Crippen MR) is 125 cm³/mol. The van der Waals surface area contributed by atoms with Crippen LogP contribution >= 0.6 is 0 Å². The van der Waals surface area contributed by atoms with Crippen LogP contribution in [0.3, 0.4) is 0 Å². The highest BCUT2D eigenvalue weighted by molar-refractivity contribution is 5.84. The molecule has 0 radical (unpaired) electrons. The molecule has 9 heteroatoms. The van der Waals surface area contributed by atoms with E-state index < -0.39 is 18.1 Å². The molecule has 178 valence electrons. The summed E-state index contributed by atoms with van der Waals surface area (Å²) in [6, 6.07) is 13.3. The number of methoxy groups -OCH3 is 3. The summed E-state index contributed by atoms with van der Waals surface area (Å²) >= 11 is 0. The Bertz CT molecular complexity index is 1120. The molecule has 2 unspecified atom stereocenters. The van der Waals surface area contributed by atoms with Crippen molar-refractivity contribution in [3.05, 3.63) is 77.4 Å². The molecule has 9 nitrogen and oxygen atoms in total. The Morgan fingerprint density at radius 2 is 1.82 bits per heavy atom.